The SMILES string of the molecule is O=C1NC(c2c(CNCc3ccc4ccccc4c3)[nH]c3ccccc23)c2cc(O)ccc21. The van der Waals surface area contributed by atoms with Crippen LogP contribution >= 0.6 is 0 Å². The zero-order valence-corrected chi connectivity index (χ0v) is 17.9. The van der Waals surface area contributed by atoms with E-state index in [1.807, 2.05) is 18.2 Å². The van der Waals surface area contributed by atoms with E-state index in [1.54, 1.807) is 18.2 Å². The molecule has 5 heteroatoms. The number of phenols is 1. The van der Waals surface area contributed by atoms with E-state index in [0.717, 1.165) is 34.3 Å². The van der Waals surface area contributed by atoms with E-state index in [9.17, 15) is 9.90 Å². The number of aromatic amines is 1. The highest BCUT2D eigenvalue weighted by atomic mass is 16.3. The van der Waals surface area contributed by atoms with E-state index in [4.69, 9.17) is 0 Å². The molecule has 0 aliphatic carbocycles. The highest BCUT2D eigenvalue weighted by molar-refractivity contribution is 6.01. The molecule has 0 saturated carbocycles. The van der Waals surface area contributed by atoms with Crippen molar-refractivity contribution in [2.45, 2.75) is 19.1 Å². The lowest BCUT2D eigenvalue weighted by molar-refractivity contribution is 0.0960. The molecule has 0 fully saturated rings. The molecule has 0 saturated heterocycles. The molecule has 5 nitrogen and oxygen atoms in total. The first-order chi connectivity index (χ1) is 16.2. The maximum atomic E-state index is 12.6. The Morgan fingerprint density at radius 3 is 2.58 bits per heavy atom. The summed E-state index contributed by atoms with van der Waals surface area (Å²) in [6.45, 7) is 1.35. The summed E-state index contributed by atoms with van der Waals surface area (Å²) >= 11 is 0. The lowest BCUT2D eigenvalue weighted by Crippen LogP contribution is -2.22. The second-order valence-corrected chi connectivity index (χ2v) is 8.53. The van der Waals surface area contributed by atoms with Gasteiger partial charge in [-0.15, -0.1) is 0 Å². The van der Waals surface area contributed by atoms with Crippen molar-refractivity contribution in [3.05, 3.63) is 113 Å². The third-order valence-electron chi connectivity index (χ3n) is 6.43. The van der Waals surface area contributed by atoms with Crippen LogP contribution < -0.4 is 10.6 Å². The highest BCUT2D eigenvalue weighted by Gasteiger charge is 2.33. The van der Waals surface area contributed by atoms with Gasteiger partial charge in [0.1, 0.15) is 5.75 Å². The third kappa shape index (κ3) is 3.43. The Balaban J connectivity index is 1.33. The molecule has 1 aliphatic heterocycles. The highest BCUT2D eigenvalue weighted by Crippen LogP contribution is 2.38. The van der Waals surface area contributed by atoms with Crippen molar-refractivity contribution in [2.24, 2.45) is 0 Å². The number of amides is 1. The lowest BCUT2D eigenvalue weighted by Gasteiger charge is -2.15. The van der Waals surface area contributed by atoms with Crippen LogP contribution in [0.5, 0.6) is 5.75 Å². The van der Waals surface area contributed by atoms with Crippen LogP contribution in [-0.4, -0.2) is 16.0 Å². The van der Waals surface area contributed by atoms with Gasteiger partial charge in [0.2, 0.25) is 0 Å². The second kappa shape index (κ2) is 7.80. The molecule has 1 aromatic heterocycles. The summed E-state index contributed by atoms with van der Waals surface area (Å²) in [5.41, 5.74) is 5.72. The summed E-state index contributed by atoms with van der Waals surface area (Å²) in [6.07, 6.45) is 0. The molecule has 4 aromatic carbocycles. The first-order valence-electron chi connectivity index (χ1n) is 11.1. The Morgan fingerprint density at radius 2 is 1.67 bits per heavy atom. The molecule has 0 radical (unpaired) electrons. The molecule has 4 N–H and O–H groups in total. The first-order valence-corrected chi connectivity index (χ1v) is 11.1. The van der Waals surface area contributed by atoms with Crippen LogP contribution in [0, 0.1) is 0 Å². The Bertz CT molecular complexity index is 1520. The quantitative estimate of drug-likeness (QED) is 0.310. The van der Waals surface area contributed by atoms with E-state index >= 15 is 0 Å². The molecule has 1 atom stereocenters. The average Bonchev–Trinajstić information content (AvgIpc) is 3.35. The molecule has 6 rings (SSSR count). The van der Waals surface area contributed by atoms with Gasteiger partial charge in [-0.3, -0.25) is 4.79 Å². The van der Waals surface area contributed by atoms with Crippen molar-refractivity contribution in [2.75, 3.05) is 0 Å². The van der Waals surface area contributed by atoms with Gasteiger partial charge in [0.05, 0.1) is 6.04 Å². The number of aromatic nitrogens is 1. The second-order valence-electron chi connectivity index (χ2n) is 8.53. The Labute approximate surface area is 191 Å². The molecule has 1 amide bonds. The molecule has 1 unspecified atom stereocenters. The Morgan fingerprint density at radius 1 is 0.848 bits per heavy atom. The monoisotopic (exact) mass is 433 g/mol. The number of benzene rings is 4. The number of aromatic hydroxyl groups is 1. The minimum absolute atomic E-state index is 0.115. The van der Waals surface area contributed by atoms with E-state index < -0.39 is 0 Å². The number of carbonyl (C=O) groups excluding carboxylic acids is 1. The van der Waals surface area contributed by atoms with Gasteiger partial charge in [0, 0.05) is 40.8 Å². The van der Waals surface area contributed by atoms with Crippen LogP contribution in [0.4, 0.5) is 0 Å². The average molecular weight is 434 g/mol. The van der Waals surface area contributed by atoms with Gasteiger partial charge in [0.15, 0.2) is 0 Å². The van der Waals surface area contributed by atoms with Crippen molar-refractivity contribution in [3.63, 3.8) is 0 Å². The first kappa shape index (κ1) is 19.6. The fourth-order valence-corrected chi connectivity index (χ4v) is 4.88. The third-order valence-corrected chi connectivity index (χ3v) is 6.43. The summed E-state index contributed by atoms with van der Waals surface area (Å²) < 4.78 is 0. The van der Waals surface area contributed by atoms with Gasteiger partial charge in [-0.1, -0.05) is 54.6 Å². The van der Waals surface area contributed by atoms with Crippen molar-refractivity contribution in [1.29, 1.82) is 0 Å². The molecule has 162 valence electrons. The van der Waals surface area contributed by atoms with Gasteiger partial charge in [-0.05, 0) is 52.2 Å². The summed E-state index contributed by atoms with van der Waals surface area (Å²) in [7, 11) is 0. The summed E-state index contributed by atoms with van der Waals surface area (Å²) in [4.78, 5) is 16.2. The number of hydrogen-bond donors (Lipinski definition) is 4. The van der Waals surface area contributed by atoms with Gasteiger partial charge in [0.25, 0.3) is 5.91 Å². The van der Waals surface area contributed by atoms with Crippen molar-refractivity contribution < 1.29 is 9.90 Å². The van der Waals surface area contributed by atoms with Gasteiger partial charge in [-0.2, -0.15) is 0 Å². The Kier molecular flexibility index (Phi) is 4.63. The topological polar surface area (TPSA) is 77.2 Å². The molecule has 0 bridgehead atoms. The molecule has 33 heavy (non-hydrogen) atoms. The number of fused-ring (bicyclic) bond motifs is 3. The minimum Gasteiger partial charge on any atom is -0.508 e. The lowest BCUT2D eigenvalue weighted by atomic mass is 9.95. The van der Waals surface area contributed by atoms with Gasteiger partial charge >= 0.3 is 0 Å². The van der Waals surface area contributed by atoms with Crippen molar-refractivity contribution in [1.82, 2.24) is 15.6 Å². The Hall–Kier alpha value is -4.09. The largest absolute Gasteiger partial charge is 0.508 e. The predicted molar refractivity (Wildman–Crippen MR) is 130 cm³/mol. The number of hydrogen-bond acceptors (Lipinski definition) is 3. The number of carbonyl (C=O) groups is 1. The van der Waals surface area contributed by atoms with Crippen LogP contribution in [0.1, 0.15) is 38.8 Å². The molecular formula is C28H23N3O2. The molecule has 0 spiro atoms. The van der Waals surface area contributed by atoms with Crippen LogP contribution in [0.15, 0.2) is 84.9 Å². The number of phenolic OH excluding ortho intramolecular Hbond substituents is 1. The fraction of sp³-hybridized carbons (Fsp3) is 0.107. The van der Waals surface area contributed by atoms with E-state index in [-0.39, 0.29) is 17.7 Å². The number of nitrogens with one attached hydrogen (secondary N) is 3. The van der Waals surface area contributed by atoms with Crippen LogP contribution in [0.2, 0.25) is 0 Å². The maximum Gasteiger partial charge on any atom is 0.252 e. The normalized spacial score (nSPS) is 15.2. The summed E-state index contributed by atoms with van der Waals surface area (Å²) in [5.74, 6) is 0.0430. The number of rotatable bonds is 5. The zero-order valence-electron chi connectivity index (χ0n) is 17.9. The van der Waals surface area contributed by atoms with Gasteiger partial charge in [-0.25, -0.2) is 0 Å². The number of H-pyrrole nitrogens is 1. The minimum atomic E-state index is -0.312. The maximum absolute atomic E-state index is 12.6. The fourth-order valence-electron chi connectivity index (χ4n) is 4.88. The summed E-state index contributed by atoms with van der Waals surface area (Å²) in [6, 6.07) is 27.6. The molecule has 2 heterocycles. The van der Waals surface area contributed by atoms with E-state index in [1.165, 1.54) is 16.3 Å². The smallest absolute Gasteiger partial charge is 0.252 e. The molecular weight excluding hydrogens is 410 g/mol. The van der Waals surface area contributed by atoms with Crippen LogP contribution in [0.3, 0.4) is 0 Å². The predicted octanol–water partition coefficient (Wildman–Crippen LogP) is 5.15. The standard InChI is InChI=1S/C28H23N3O2/c32-20-11-12-21-23(14-20)27(31-28(21)33)26-22-7-3-4-8-24(22)30-25(26)16-29-15-17-9-10-18-5-1-2-6-19(18)13-17/h1-14,27,29-30,32H,15-16H2,(H,31,33). The molecule has 5 aromatic rings. The summed E-state index contributed by atoms with van der Waals surface area (Å²) in [5, 5.41) is 20.3. The van der Waals surface area contributed by atoms with E-state index in [2.05, 4.69) is 64.1 Å². The van der Waals surface area contributed by atoms with Crippen LogP contribution in [0.25, 0.3) is 21.7 Å². The molecule has 1 aliphatic rings. The van der Waals surface area contributed by atoms with Gasteiger partial charge < -0.3 is 20.7 Å². The van der Waals surface area contributed by atoms with Crippen molar-refractivity contribution in [3.8, 4) is 5.75 Å². The van der Waals surface area contributed by atoms with E-state index in [0.29, 0.717) is 12.1 Å². The zero-order chi connectivity index (χ0) is 22.4. The van der Waals surface area contributed by atoms with Crippen molar-refractivity contribution >= 4 is 27.6 Å². The number of para-hydroxylation sites is 1. The van der Waals surface area contributed by atoms with Crippen LogP contribution in [-0.2, 0) is 13.1 Å².